The molecule has 1 aliphatic heterocycles. The van der Waals surface area contributed by atoms with E-state index in [1.807, 2.05) is 13.0 Å². The van der Waals surface area contributed by atoms with Crippen molar-refractivity contribution in [3.8, 4) is 5.75 Å². The zero-order chi connectivity index (χ0) is 13.7. The lowest BCUT2D eigenvalue weighted by molar-refractivity contribution is 0.110. The van der Waals surface area contributed by atoms with E-state index in [-0.39, 0.29) is 24.2 Å². The van der Waals surface area contributed by atoms with Gasteiger partial charge in [-0.05, 0) is 24.6 Å². The third kappa shape index (κ3) is 3.43. The molecule has 0 aromatic heterocycles. The molecular weight excluding hydrogens is 247 g/mol. The summed E-state index contributed by atoms with van der Waals surface area (Å²) in [4.78, 5) is 2.17. The number of nitrogens with zero attached hydrogens (tertiary/aromatic N) is 1. The van der Waals surface area contributed by atoms with Gasteiger partial charge in [0.25, 0.3) is 0 Å². The maximum absolute atomic E-state index is 13.9. The highest BCUT2D eigenvalue weighted by Gasteiger charge is 2.22. The van der Waals surface area contributed by atoms with Gasteiger partial charge in [0.2, 0.25) is 0 Å². The number of nitrogens with one attached hydrogen (secondary N) is 1. The van der Waals surface area contributed by atoms with Crippen molar-refractivity contribution in [2.45, 2.75) is 13.0 Å². The molecular formula is C14H21FN2O2. The SMILES string of the molecule is CCOc1ccc(C(CO)N2CCNCC2)cc1F. The standard InChI is InChI=1S/C14H21FN2O2/c1-2-19-14-4-3-11(9-12(14)15)13(10-18)17-7-5-16-6-8-17/h3-4,9,13,16,18H,2,5-8,10H2,1H3. The van der Waals surface area contributed by atoms with E-state index < -0.39 is 0 Å². The summed E-state index contributed by atoms with van der Waals surface area (Å²) in [6.45, 7) is 5.78. The molecule has 1 aliphatic rings. The van der Waals surface area contributed by atoms with Crippen LogP contribution in [-0.2, 0) is 0 Å². The molecule has 0 amide bonds. The first-order valence-electron chi connectivity index (χ1n) is 6.74. The summed E-state index contributed by atoms with van der Waals surface area (Å²) in [6.07, 6.45) is 0. The molecule has 19 heavy (non-hydrogen) atoms. The van der Waals surface area contributed by atoms with Crippen LogP contribution < -0.4 is 10.1 Å². The molecule has 1 atom stereocenters. The number of ether oxygens (including phenoxy) is 1. The van der Waals surface area contributed by atoms with Crippen LogP contribution in [0.25, 0.3) is 0 Å². The molecule has 1 heterocycles. The first-order valence-corrected chi connectivity index (χ1v) is 6.74. The van der Waals surface area contributed by atoms with Gasteiger partial charge in [-0.3, -0.25) is 4.90 Å². The molecule has 1 aromatic rings. The Balaban J connectivity index is 2.15. The van der Waals surface area contributed by atoms with E-state index in [0.717, 1.165) is 31.7 Å². The van der Waals surface area contributed by atoms with Crippen LogP contribution in [0.3, 0.4) is 0 Å². The van der Waals surface area contributed by atoms with Crippen LogP contribution in [0.5, 0.6) is 5.75 Å². The summed E-state index contributed by atoms with van der Waals surface area (Å²) in [6, 6.07) is 4.79. The van der Waals surface area contributed by atoms with Crippen LogP contribution in [-0.4, -0.2) is 49.4 Å². The van der Waals surface area contributed by atoms with Gasteiger partial charge in [-0.25, -0.2) is 4.39 Å². The Bertz CT molecular complexity index is 408. The largest absolute Gasteiger partial charge is 0.491 e. The predicted molar refractivity (Wildman–Crippen MR) is 71.8 cm³/mol. The van der Waals surface area contributed by atoms with Crippen LogP contribution in [0.4, 0.5) is 4.39 Å². The molecule has 1 aromatic carbocycles. The summed E-state index contributed by atoms with van der Waals surface area (Å²) in [5.74, 6) is -0.101. The topological polar surface area (TPSA) is 44.7 Å². The van der Waals surface area contributed by atoms with Gasteiger partial charge in [0.15, 0.2) is 11.6 Å². The second kappa shape index (κ2) is 6.84. The minimum absolute atomic E-state index is 0.00653. The van der Waals surface area contributed by atoms with Crippen molar-refractivity contribution >= 4 is 0 Å². The minimum Gasteiger partial charge on any atom is -0.491 e. The van der Waals surface area contributed by atoms with Crippen molar-refractivity contribution in [3.63, 3.8) is 0 Å². The highest BCUT2D eigenvalue weighted by Crippen LogP contribution is 2.25. The fourth-order valence-electron chi connectivity index (χ4n) is 2.42. The molecule has 1 unspecified atom stereocenters. The van der Waals surface area contributed by atoms with Gasteiger partial charge in [-0.2, -0.15) is 0 Å². The van der Waals surface area contributed by atoms with E-state index in [4.69, 9.17) is 4.74 Å². The van der Waals surface area contributed by atoms with Gasteiger partial charge in [0, 0.05) is 26.2 Å². The highest BCUT2D eigenvalue weighted by atomic mass is 19.1. The third-order valence-electron chi connectivity index (χ3n) is 3.41. The molecule has 0 aliphatic carbocycles. The first kappa shape index (κ1) is 14.2. The Morgan fingerprint density at radius 2 is 2.16 bits per heavy atom. The average Bonchev–Trinajstić information content (AvgIpc) is 2.44. The maximum atomic E-state index is 13.9. The molecule has 1 saturated heterocycles. The van der Waals surface area contributed by atoms with Crippen LogP contribution >= 0.6 is 0 Å². The third-order valence-corrected chi connectivity index (χ3v) is 3.41. The summed E-state index contributed by atoms with van der Waals surface area (Å²) >= 11 is 0. The molecule has 2 N–H and O–H groups in total. The van der Waals surface area contributed by atoms with Crippen molar-refractivity contribution in [1.29, 1.82) is 0 Å². The number of aliphatic hydroxyl groups excluding tert-OH is 1. The number of piperazine rings is 1. The lowest BCUT2D eigenvalue weighted by atomic mass is 10.0. The number of hydrogen-bond donors (Lipinski definition) is 2. The number of rotatable bonds is 5. The van der Waals surface area contributed by atoms with Gasteiger partial charge in [0.05, 0.1) is 19.3 Å². The zero-order valence-electron chi connectivity index (χ0n) is 11.2. The normalized spacial score (nSPS) is 18.3. The Hall–Kier alpha value is -1.17. The van der Waals surface area contributed by atoms with E-state index in [0.29, 0.717) is 6.61 Å². The van der Waals surface area contributed by atoms with Gasteiger partial charge in [0.1, 0.15) is 0 Å². The fourth-order valence-corrected chi connectivity index (χ4v) is 2.42. The van der Waals surface area contributed by atoms with Crippen molar-refractivity contribution in [2.24, 2.45) is 0 Å². The first-order chi connectivity index (χ1) is 9.26. The van der Waals surface area contributed by atoms with Crippen LogP contribution in [0.2, 0.25) is 0 Å². The lowest BCUT2D eigenvalue weighted by Crippen LogP contribution is -2.46. The summed E-state index contributed by atoms with van der Waals surface area (Å²) < 4.78 is 19.1. The van der Waals surface area contributed by atoms with Crippen molar-refractivity contribution in [3.05, 3.63) is 29.6 Å². The summed E-state index contributed by atoms with van der Waals surface area (Å²) in [7, 11) is 0. The van der Waals surface area contributed by atoms with Gasteiger partial charge in [-0.1, -0.05) is 6.07 Å². The number of halogens is 1. The van der Waals surface area contributed by atoms with Gasteiger partial charge >= 0.3 is 0 Å². The van der Waals surface area contributed by atoms with E-state index in [9.17, 15) is 9.50 Å². The molecule has 0 spiro atoms. The molecule has 106 valence electrons. The molecule has 5 heteroatoms. The van der Waals surface area contributed by atoms with Gasteiger partial charge in [-0.15, -0.1) is 0 Å². The summed E-state index contributed by atoms with van der Waals surface area (Å²) in [5.41, 5.74) is 0.797. The maximum Gasteiger partial charge on any atom is 0.165 e. The Morgan fingerprint density at radius 3 is 2.74 bits per heavy atom. The minimum atomic E-state index is -0.368. The lowest BCUT2D eigenvalue weighted by Gasteiger charge is -2.34. The Labute approximate surface area is 113 Å². The van der Waals surface area contributed by atoms with Crippen molar-refractivity contribution in [1.82, 2.24) is 10.2 Å². The number of aliphatic hydroxyl groups is 1. The van der Waals surface area contributed by atoms with Crippen LogP contribution in [0.15, 0.2) is 18.2 Å². The monoisotopic (exact) mass is 268 g/mol. The average molecular weight is 268 g/mol. The van der Waals surface area contributed by atoms with E-state index >= 15 is 0 Å². The van der Waals surface area contributed by atoms with E-state index in [2.05, 4.69) is 10.2 Å². The van der Waals surface area contributed by atoms with Crippen LogP contribution in [0.1, 0.15) is 18.5 Å². The Morgan fingerprint density at radius 1 is 1.42 bits per heavy atom. The van der Waals surface area contributed by atoms with Crippen molar-refractivity contribution in [2.75, 3.05) is 39.4 Å². The fraction of sp³-hybridized carbons (Fsp3) is 0.571. The highest BCUT2D eigenvalue weighted by molar-refractivity contribution is 5.31. The predicted octanol–water partition coefficient (Wildman–Crippen LogP) is 1.16. The smallest absolute Gasteiger partial charge is 0.165 e. The second-order valence-electron chi connectivity index (χ2n) is 4.61. The van der Waals surface area contributed by atoms with Crippen LogP contribution in [0, 0.1) is 5.82 Å². The summed E-state index contributed by atoms with van der Waals surface area (Å²) in [5, 5.41) is 12.8. The van der Waals surface area contributed by atoms with E-state index in [1.165, 1.54) is 6.07 Å². The molecule has 0 radical (unpaired) electrons. The molecule has 2 rings (SSSR count). The van der Waals surface area contributed by atoms with Gasteiger partial charge < -0.3 is 15.2 Å². The Kier molecular flexibility index (Phi) is 5.13. The van der Waals surface area contributed by atoms with E-state index in [1.54, 1.807) is 6.07 Å². The molecule has 1 fully saturated rings. The quantitative estimate of drug-likeness (QED) is 0.841. The second-order valence-corrected chi connectivity index (χ2v) is 4.61. The molecule has 0 saturated carbocycles. The zero-order valence-corrected chi connectivity index (χ0v) is 11.2. The number of hydrogen-bond acceptors (Lipinski definition) is 4. The molecule has 4 nitrogen and oxygen atoms in total. The van der Waals surface area contributed by atoms with Crippen molar-refractivity contribution < 1.29 is 14.2 Å². The number of benzene rings is 1. The molecule has 0 bridgehead atoms.